The molecule has 35 heavy (non-hydrogen) atoms. The van der Waals surface area contributed by atoms with Crippen LogP contribution < -0.4 is 14.5 Å². The van der Waals surface area contributed by atoms with Gasteiger partial charge in [0, 0.05) is 22.6 Å². The first-order valence-corrected chi connectivity index (χ1v) is 13.1. The molecule has 1 heterocycles. The van der Waals surface area contributed by atoms with Crippen LogP contribution in [0.15, 0.2) is 53.6 Å². The van der Waals surface area contributed by atoms with Gasteiger partial charge >= 0.3 is 0 Å². The van der Waals surface area contributed by atoms with Crippen LogP contribution in [-0.2, 0) is 14.8 Å². The second-order valence-corrected chi connectivity index (χ2v) is 10.4. The van der Waals surface area contributed by atoms with Crippen molar-refractivity contribution in [2.45, 2.75) is 34.6 Å². The monoisotopic (exact) mass is 496 g/mol. The maximum Gasteiger partial charge on any atom is 0.260 e. The van der Waals surface area contributed by atoms with E-state index in [0.29, 0.717) is 18.0 Å². The van der Waals surface area contributed by atoms with Crippen molar-refractivity contribution in [2.24, 2.45) is 5.10 Å². The van der Waals surface area contributed by atoms with Crippen LogP contribution in [0.25, 0.3) is 5.69 Å². The molecule has 3 aromatic rings. The summed E-state index contributed by atoms with van der Waals surface area (Å²) in [6, 6.07) is 14.9. The van der Waals surface area contributed by atoms with Gasteiger partial charge in [0.1, 0.15) is 12.3 Å². The Hall–Kier alpha value is -3.59. The van der Waals surface area contributed by atoms with Crippen molar-refractivity contribution < 1.29 is 17.9 Å². The Bertz CT molecular complexity index is 1320. The van der Waals surface area contributed by atoms with Gasteiger partial charge in [-0.2, -0.15) is 5.10 Å². The minimum atomic E-state index is -3.69. The van der Waals surface area contributed by atoms with Crippen molar-refractivity contribution in [3.63, 3.8) is 0 Å². The van der Waals surface area contributed by atoms with Crippen LogP contribution >= 0.6 is 0 Å². The zero-order chi connectivity index (χ0) is 25.8. The second-order valence-electron chi connectivity index (χ2n) is 8.50. The molecule has 0 aliphatic rings. The van der Waals surface area contributed by atoms with E-state index in [1.54, 1.807) is 30.5 Å². The number of aryl methyl sites for hydroxylation is 3. The largest absolute Gasteiger partial charge is 0.494 e. The predicted octanol–water partition coefficient (Wildman–Crippen LogP) is 4.03. The number of carbonyl (C=O) groups excluding carboxylic acids is 1. The lowest BCUT2D eigenvalue weighted by Gasteiger charge is -2.21. The molecule has 0 fully saturated rings. The Balaban J connectivity index is 1.73. The average molecular weight is 497 g/mol. The van der Waals surface area contributed by atoms with E-state index < -0.39 is 22.5 Å². The Morgan fingerprint density at radius 1 is 1.06 bits per heavy atom. The predicted molar refractivity (Wildman–Crippen MR) is 140 cm³/mol. The maximum atomic E-state index is 12.5. The Morgan fingerprint density at radius 3 is 2.26 bits per heavy atom. The number of sulfonamides is 1. The fourth-order valence-corrected chi connectivity index (χ4v) is 4.87. The first-order chi connectivity index (χ1) is 16.5. The van der Waals surface area contributed by atoms with Crippen molar-refractivity contribution in [3.8, 4) is 11.4 Å². The van der Waals surface area contributed by atoms with Gasteiger partial charge in [0.15, 0.2) is 0 Å². The van der Waals surface area contributed by atoms with Gasteiger partial charge in [-0.25, -0.2) is 13.8 Å². The molecule has 0 radical (unpaired) electrons. The van der Waals surface area contributed by atoms with Crippen LogP contribution in [-0.4, -0.2) is 44.5 Å². The summed E-state index contributed by atoms with van der Waals surface area (Å²) in [5, 5.41) is 4.07. The smallest absolute Gasteiger partial charge is 0.260 e. The lowest BCUT2D eigenvalue weighted by atomic mass is 10.1. The number of benzene rings is 2. The number of anilines is 1. The molecular weight excluding hydrogens is 464 g/mol. The molecule has 0 spiro atoms. The summed E-state index contributed by atoms with van der Waals surface area (Å²) in [6.07, 6.45) is 2.63. The maximum absolute atomic E-state index is 12.5. The molecule has 0 saturated heterocycles. The van der Waals surface area contributed by atoms with Crippen molar-refractivity contribution in [1.29, 1.82) is 0 Å². The summed E-state index contributed by atoms with van der Waals surface area (Å²) in [4.78, 5) is 12.5. The second kappa shape index (κ2) is 10.8. The number of carbonyl (C=O) groups is 1. The number of ether oxygens (including phenoxy) is 1. The normalized spacial score (nSPS) is 11.6. The summed E-state index contributed by atoms with van der Waals surface area (Å²) in [5.41, 5.74) is 9.11. The van der Waals surface area contributed by atoms with Gasteiger partial charge in [-0.1, -0.05) is 6.07 Å². The third kappa shape index (κ3) is 6.51. The highest BCUT2D eigenvalue weighted by Gasteiger charge is 2.21. The van der Waals surface area contributed by atoms with E-state index in [1.165, 1.54) is 11.1 Å². The van der Waals surface area contributed by atoms with Gasteiger partial charge in [-0.3, -0.25) is 9.10 Å². The van der Waals surface area contributed by atoms with Crippen LogP contribution in [0, 0.1) is 27.7 Å². The molecule has 1 N–H and O–H groups in total. The lowest BCUT2D eigenvalue weighted by Crippen LogP contribution is -2.39. The number of aromatic nitrogens is 1. The third-order valence-corrected chi connectivity index (χ3v) is 6.59. The van der Waals surface area contributed by atoms with E-state index in [9.17, 15) is 13.2 Å². The van der Waals surface area contributed by atoms with Crippen molar-refractivity contribution in [3.05, 3.63) is 76.6 Å². The van der Waals surface area contributed by atoms with Crippen LogP contribution in [0.2, 0.25) is 0 Å². The number of amides is 1. The number of hydrogen-bond donors (Lipinski definition) is 1. The third-order valence-electron chi connectivity index (χ3n) is 5.45. The SMILES string of the molecule is CCOc1ccc(N(CC(=O)NN=Cc2cc(C)n(-c3cc(C)cc(C)c3)c2C)S(C)(=O)=O)cc1. The molecule has 8 nitrogen and oxygen atoms in total. The Kier molecular flexibility index (Phi) is 8.01. The van der Waals surface area contributed by atoms with Gasteiger partial charge in [0.2, 0.25) is 10.0 Å². The van der Waals surface area contributed by atoms with Gasteiger partial charge in [-0.05, 0) is 88.2 Å². The number of nitrogens with zero attached hydrogens (tertiary/aromatic N) is 3. The van der Waals surface area contributed by atoms with Gasteiger partial charge in [0.25, 0.3) is 5.91 Å². The first kappa shape index (κ1) is 26.0. The highest BCUT2D eigenvalue weighted by molar-refractivity contribution is 7.92. The summed E-state index contributed by atoms with van der Waals surface area (Å²) >= 11 is 0. The van der Waals surface area contributed by atoms with E-state index in [-0.39, 0.29) is 0 Å². The average Bonchev–Trinajstić information content (AvgIpc) is 3.04. The molecular formula is C26H32N4O4S. The summed E-state index contributed by atoms with van der Waals surface area (Å²) in [6.45, 7) is 10.1. The minimum absolute atomic E-state index is 0.368. The van der Waals surface area contributed by atoms with Crippen LogP contribution in [0.5, 0.6) is 5.75 Å². The molecule has 0 aliphatic heterocycles. The number of hydrogen-bond acceptors (Lipinski definition) is 5. The molecule has 0 saturated carbocycles. The van der Waals surface area contributed by atoms with Gasteiger partial charge in [0.05, 0.1) is 24.8 Å². The quantitative estimate of drug-likeness (QED) is 0.358. The van der Waals surface area contributed by atoms with Gasteiger partial charge in [-0.15, -0.1) is 0 Å². The summed E-state index contributed by atoms with van der Waals surface area (Å²) in [7, 11) is -3.69. The Morgan fingerprint density at radius 2 is 1.69 bits per heavy atom. The molecule has 0 bridgehead atoms. The topological polar surface area (TPSA) is 93.0 Å². The standard InChI is InChI=1S/C26H32N4O4S/c1-7-34-25-10-8-23(9-11-25)29(35(6,32)33)17-26(31)28-27-16-22-15-20(4)30(21(22)5)24-13-18(2)12-19(3)14-24/h8-16H,7,17H2,1-6H3,(H,28,31). The molecule has 186 valence electrons. The number of hydrazone groups is 1. The highest BCUT2D eigenvalue weighted by atomic mass is 32.2. The molecule has 0 atom stereocenters. The lowest BCUT2D eigenvalue weighted by molar-refractivity contribution is -0.119. The molecule has 1 aromatic heterocycles. The molecule has 0 aliphatic carbocycles. The van der Waals surface area contributed by atoms with Gasteiger partial charge < -0.3 is 9.30 Å². The summed E-state index contributed by atoms with van der Waals surface area (Å²) < 4.78 is 33.2. The minimum Gasteiger partial charge on any atom is -0.494 e. The zero-order valence-corrected chi connectivity index (χ0v) is 21.8. The molecule has 2 aromatic carbocycles. The van der Waals surface area contributed by atoms with E-state index in [0.717, 1.165) is 33.2 Å². The molecule has 1 amide bonds. The van der Waals surface area contributed by atoms with Crippen molar-refractivity contribution in [1.82, 2.24) is 9.99 Å². The van der Waals surface area contributed by atoms with E-state index in [1.807, 2.05) is 26.8 Å². The Labute approximate surface area is 207 Å². The zero-order valence-electron chi connectivity index (χ0n) is 21.0. The number of rotatable bonds is 9. The van der Waals surface area contributed by atoms with E-state index in [4.69, 9.17) is 4.74 Å². The first-order valence-electron chi connectivity index (χ1n) is 11.3. The molecule has 0 unspecified atom stereocenters. The fraction of sp³-hybridized carbons (Fsp3) is 0.308. The summed E-state index contributed by atoms with van der Waals surface area (Å²) in [5.74, 6) is 0.0702. The molecule has 3 rings (SSSR count). The van der Waals surface area contributed by atoms with Crippen molar-refractivity contribution in [2.75, 3.05) is 23.7 Å². The number of nitrogens with one attached hydrogen (secondary N) is 1. The van der Waals surface area contributed by atoms with Crippen LogP contribution in [0.1, 0.15) is 35.0 Å². The van der Waals surface area contributed by atoms with Crippen LogP contribution in [0.4, 0.5) is 5.69 Å². The van der Waals surface area contributed by atoms with E-state index in [2.05, 4.69) is 47.1 Å². The molecule has 9 heteroatoms. The highest BCUT2D eigenvalue weighted by Crippen LogP contribution is 2.23. The van der Waals surface area contributed by atoms with Crippen molar-refractivity contribution >= 4 is 27.8 Å². The van der Waals surface area contributed by atoms with E-state index >= 15 is 0 Å². The van der Waals surface area contributed by atoms with Crippen LogP contribution in [0.3, 0.4) is 0 Å². The fourth-order valence-electron chi connectivity index (χ4n) is 4.01.